The van der Waals surface area contributed by atoms with E-state index in [0.717, 1.165) is 22.3 Å². The Morgan fingerprint density at radius 2 is 0.927 bits per heavy atom. The van der Waals surface area contributed by atoms with Crippen LogP contribution in [0.4, 0.5) is 35.9 Å². The van der Waals surface area contributed by atoms with E-state index < -0.39 is 117 Å². The maximum atomic E-state index is 14.6. The fraction of sp³-hybridized carbons (Fsp3) is 0.529. The van der Waals surface area contributed by atoms with Crippen LogP contribution in [0.5, 0.6) is 11.5 Å². The summed E-state index contributed by atoms with van der Waals surface area (Å²) in [5, 5.41) is 12.9. The molecule has 0 aromatic heterocycles. The molecule has 524 valence electrons. The number of halogens is 6. The monoisotopic (exact) mass is 1390 g/mol. The van der Waals surface area contributed by atoms with E-state index in [1.807, 2.05) is 32.0 Å². The number of carbonyl (C=O) groups excluding carboxylic acids is 7. The van der Waals surface area contributed by atoms with Crippen molar-refractivity contribution in [3.05, 3.63) is 129 Å². The van der Waals surface area contributed by atoms with Crippen LogP contribution in [0, 0.1) is 46.7 Å². The molecule has 4 aliphatic heterocycles. The molecule has 20 nitrogen and oxygen atoms in total. The summed E-state index contributed by atoms with van der Waals surface area (Å²) in [5.41, 5.74) is 1.51. The molecule has 4 aromatic carbocycles. The molecule has 96 heavy (non-hydrogen) atoms. The predicted molar refractivity (Wildman–Crippen MR) is 345 cm³/mol. The summed E-state index contributed by atoms with van der Waals surface area (Å²) in [6, 6.07) is 11.0. The Labute approximate surface area is 563 Å². The number of alkyl carbamates (subject to hydrolysis) is 2. The van der Waals surface area contributed by atoms with Gasteiger partial charge in [0.05, 0.1) is 6.61 Å². The highest BCUT2D eigenvalue weighted by Gasteiger charge is 2.42. The highest BCUT2D eigenvalue weighted by molar-refractivity contribution is 8.01. The van der Waals surface area contributed by atoms with Gasteiger partial charge in [0.25, 0.3) is 11.8 Å². The number of hydrogen-bond donors (Lipinski definition) is 3. The fourth-order valence-corrected chi connectivity index (χ4v) is 13.6. The number of esters is 1. The molecule has 8 rings (SSSR count). The zero-order chi connectivity index (χ0) is 70.7. The van der Waals surface area contributed by atoms with E-state index in [2.05, 4.69) is 10.6 Å². The predicted octanol–water partition coefficient (Wildman–Crippen LogP) is 10.3. The lowest BCUT2D eigenvalue weighted by Gasteiger charge is -2.34. The molecule has 0 radical (unpaired) electrons. The number of amides is 6. The third-order valence-corrected chi connectivity index (χ3v) is 18.1. The number of carbonyl (C=O) groups is 8. The average molecular weight is 1390 g/mol. The zero-order valence-electron chi connectivity index (χ0n) is 55.6. The smallest absolute Gasteiger partial charge is 0.407 e. The summed E-state index contributed by atoms with van der Waals surface area (Å²) in [5.74, 6) is -8.89. The van der Waals surface area contributed by atoms with Crippen LogP contribution >= 0.6 is 23.5 Å². The van der Waals surface area contributed by atoms with Crippen molar-refractivity contribution in [3.63, 3.8) is 0 Å². The summed E-state index contributed by atoms with van der Waals surface area (Å²) >= 11 is 2.62. The van der Waals surface area contributed by atoms with Gasteiger partial charge in [-0.05, 0) is 144 Å². The van der Waals surface area contributed by atoms with Gasteiger partial charge < -0.3 is 59.0 Å². The fourth-order valence-electron chi connectivity index (χ4n) is 11.1. The van der Waals surface area contributed by atoms with Crippen molar-refractivity contribution in [1.29, 1.82) is 0 Å². The Balaban J connectivity index is 0.000000271. The van der Waals surface area contributed by atoms with E-state index in [-0.39, 0.29) is 93.2 Å². The molecule has 6 atom stereocenters. The lowest BCUT2D eigenvalue weighted by Crippen LogP contribution is -2.50. The second-order valence-corrected chi connectivity index (χ2v) is 28.8. The van der Waals surface area contributed by atoms with Crippen molar-refractivity contribution in [2.24, 2.45) is 11.8 Å². The number of rotatable bonds is 21. The summed E-state index contributed by atoms with van der Waals surface area (Å²) in [7, 11) is 0. The number of nitrogens with one attached hydrogen (secondary N) is 2. The zero-order valence-corrected chi connectivity index (χ0v) is 57.3. The van der Waals surface area contributed by atoms with E-state index in [0.29, 0.717) is 73.2 Å². The molecule has 3 N–H and O–H groups in total. The van der Waals surface area contributed by atoms with Gasteiger partial charge in [0, 0.05) is 99.7 Å². The minimum atomic E-state index is -1.36. The van der Waals surface area contributed by atoms with Gasteiger partial charge in [0.2, 0.25) is 11.8 Å². The number of nitrogens with zero attached hydrogens (tertiary/aromatic N) is 4. The number of ether oxygens (including phenoxy) is 5. The minimum Gasteiger partial charge on any atom is -0.478 e. The molecule has 0 spiro atoms. The maximum absolute atomic E-state index is 14.6. The summed E-state index contributed by atoms with van der Waals surface area (Å²) < 4.78 is 112. The van der Waals surface area contributed by atoms with Gasteiger partial charge in [-0.25, -0.2) is 45.5 Å². The standard InChI is InChI=1S/C35H44F3N3O7S.C33H40F3N3O7S/c1-7-46-33(44)30(20(2)3)47-25-9-8-21-10-11-40(19-23(21)15-25)31(43)32-41(12-13-49-32)29(42)17-24(39-34(45)48-35(4,5)6)14-22-16-27(37)28(38)18-26(22)36;1-18(2)28(31(42)43)45-23-7-6-19-8-9-38(17-21(19)13-23)29(41)30-39(10-11-47-30)27(40)15-22(37-32(44)46-33(3,4)5)12-20-14-25(35)26(36)16-24(20)34/h8-9,15-16,18,20,24,30,32H,7,10-14,17,19H2,1-6H3,(H,39,45);6-7,13-14,16,18,22,28,30H,8-12,15,17H2,1-5H3,(H,37,44)(H,42,43)/t24-,30?,32?;22-,28?,30?/m11/s1. The Bertz CT molecular complexity index is 3520. The first kappa shape index (κ1) is 75.5. The molecule has 0 bridgehead atoms. The van der Waals surface area contributed by atoms with Crippen molar-refractivity contribution in [1.82, 2.24) is 30.2 Å². The van der Waals surface area contributed by atoms with E-state index in [1.165, 1.54) is 33.3 Å². The molecule has 4 aromatic rings. The Kier molecular flexibility index (Phi) is 25.9. The van der Waals surface area contributed by atoms with Gasteiger partial charge in [0.15, 0.2) is 46.2 Å². The number of benzene rings is 4. The van der Waals surface area contributed by atoms with Crippen LogP contribution in [0.2, 0.25) is 0 Å². The van der Waals surface area contributed by atoms with Gasteiger partial charge in [-0.3, -0.25) is 19.2 Å². The third kappa shape index (κ3) is 20.8. The SMILES string of the molecule is CC(C)C(Oc1ccc2c(c1)CN(C(=O)C1SCCN1C(=O)C[C@@H](Cc1cc(F)c(F)cc1F)NC(=O)OC(C)(C)C)CC2)C(=O)O.CCOC(=O)C(Oc1ccc2c(c1)CN(C(=O)C1SCCN1C(=O)C[C@@H](Cc1cc(F)c(F)cc1F)NC(=O)OC(C)(C)C)CC2)C(C)C. The summed E-state index contributed by atoms with van der Waals surface area (Å²) in [6.07, 6.45) is -3.78. The molecule has 6 amide bonds. The second kappa shape index (κ2) is 32.9. The van der Waals surface area contributed by atoms with Crippen LogP contribution in [0.3, 0.4) is 0 Å². The molecule has 4 heterocycles. The van der Waals surface area contributed by atoms with Crippen LogP contribution in [0.25, 0.3) is 0 Å². The Hall–Kier alpha value is -7.88. The number of thioether (sulfide) groups is 2. The highest BCUT2D eigenvalue weighted by atomic mass is 32.2. The van der Waals surface area contributed by atoms with Gasteiger partial charge in [-0.2, -0.15) is 0 Å². The van der Waals surface area contributed by atoms with Gasteiger partial charge in [0.1, 0.15) is 34.3 Å². The summed E-state index contributed by atoms with van der Waals surface area (Å²) in [4.78, 5) is 110. The number of hydrogen-bond acceptors (Lipinski definition) is 15. The molecule has 4 unspecified atom stereocenters. The largest absolute Gasteiger partial charge is 0.478 e. The molecule has 4 aliphatic rings. The topological polar surface area (TPSA) is 240 Å². The quantitative estimate of drug-likeness (QED) is 0.0304. The normalized spacial score (nSPS) is 17.4. The van der Waals surface area contributed by atoms with E-state index in [1.54, 1.807) is 90.3 Å². The molecule has 28 heteroatoms. The van der Waals surface area contributed by atoms with Crippen molar-refractivity contribution >= 4 is 71.3 Å². The van der Waals surface area contributed by atoms with Crippen molar-refractivity contribution < 1.29 is 93.5 Å². The number of carboxylic acid groups (broad SMARTS) is 1. The van der Waals surface area contributed by atoms with Crippen LogP contribution in [-0.2, 0) is 81.8 Å². The van der Waals surface area contributed by atoms with E-state index in [4.69, 9.17) is 23.7 Å². The Morgan fingerprint density at radius 3 is 1.29 bits per heavy atom. The molecule has 0 aliphatic carbocycles. The number of carboxylic acids is 1. The molecular weight excluding hydrogens is 1300 g/mol. The first-order valence-corrected chi connectivity index (χ1v) is 33.8. The first-order chi connectivity index (χ1) is 45.1. The van der Waals surface area contributed by atoms with Crippen molar-refractivity contribution in [3.8, 4) is 11.5 Å². The van der Waals surface area contributed by atoms with Crippen LogP contribution in [-0.4, -0.2) is 163 Å². The summed E-state index contributed by atoms with van der Waals surface area (Å²) in [6.45, 7) is 21.0. The lowest BCUT2D eigenvalue weighted by molar-refractivity contribution is -0.153. The molecule has 0 saturated carbocycles. The van der Waals surface area contributed by atoms with Gasteiger partial charge in [-0.1, -0.05) is 39.8 Å². The minimum absolute atomic E-state index is 0.133. The second-order valence-electron chi connectivity index (χ2n) is 26.4. The lowest BCUT2D eigenvalue weighted by atomic mass is 9.99. The first-order valence-electron chi connectivity index (χ1n) is 31.7. The van der Waals surface area contributed by atoms with Gasteiger partial charge in [-0.15, -0.1) is 23.5 Å². The molecule has 2 saturated heterocycles. The van der Waals surface area contributed by atoms with Crippen LogP contribution in [0.15, 0.2) is 60.7 Å². The van der Waals surface area contributed by atoms with Crippen molar-refractivity contribution in [2.45, 2.75) is 174 Å². The average Bonchev–Trinajstić information content (AvgIpc) is 1.41. The van der Waals surface area contributed by atoms with Crippen molar-refractivity contribution in [2.75, 3.05) is 44.3 Å². The maximum Gasteiger partial charge on any atom is 0.407 e. The number of aliphatic carboxylic acids is 1. The van der Waals surface area contributed by atoms with Crippen LogP contribution in [0.1, 0.15) is 122 Å². The van der Waals surface area contributed by atoms with Gasteiger partial charge >= 0.3 is 24.1 Å². The number of fused-ring (bicyclic) bond motifs is 2. The molecule has 2 fully saturated rings. The molecular formula is C68H84F6N6O14S2. The van der Waals surface area contributed by atoms with Crippen LogP contribution < -0.4 is 20.1 Å². The highest BCUT2D eigenvalue weighted by Crippen LogP contribution is 2.34. The Morgan fingerprint density at radius 1 is 0.542 bits per heavy atom. The van der Waals surface area contributed by atoms with E-state index in [9.17, 15) is 69.8 Å². The third-order valence-electron chi connectivity index (χ3n) is 15.7. The van der Waals surface area contributed by atoms with E-state index >= 15 is 0 Å².